The van der Waals surface area contributed by atoms with Crippen LogP contribution in [0, 0.1) is 0 Å². The van der Waals surface area contributed by atoms with Crippen molar-refractivity contribution in [3.63, 3.8) is 0 Å². The average molecular weight is 310 g/mol. The van der Waals surface area contributed by atoms with Gasteiger partial charge in [-0.25, -0.2) is 0 Å². The Morgan fingerprint density at radius 3 is 2.33 bits per heavy atom. The van der Waals surface area contributed by atoms with Crippen LogP contribution in [0.3, 0.4) is 0 Å². The number of hydrogen-bond acceptors (Lipinski definition) is 4. The summed E-state index contributed by atoms with van der Waals surface area (Å²) in [5, 5.41) is 1.52. The fraction of sp³-hybridized carbons (Fsp3) is 0.0588. The highest BCUT2D eigenvalue weighted by atomic mass is 33.1. The molecule has 0 saturated heterocycles. The number of pyridine rings is 1. The summed E-state index contributed by atoms with van der Waals surface area (Å²) in [6.45, 7) is 0. The maximum atomic E-state index is 4.31. The number of aliphatic imine (C=N–C) groups is 1. The second-order valence-electron chi connectivity index (χ2n) is 4.41. The van der Waals surface area contributed by atoms with Gasteiger partial charge in [-0.1, -0.05) is 65.4 Å². The van der Waals surface area contributed by atoms with Crippen molar-refractivity contribution in [2.45, 2.75) is 5.37 Å². The largest absolute Gasteiger partial charge is 0.266 e. The van der Waals surface area contributed by atoms with Crippen molar-refractivity contribution in [3.8, 4) is 0 Å². The van der Waals surface area contributed by atoms with Gasteiger partial charge in [0.1, 0.15) is 5.37 Å². The molecule has 0 amide bonds. The topological polar surface area (TPSA) is 25.2 Å². The van der Waals surface area contributed by atoms with Crippen LogP contribution in [0.15, 0.2) is 77.9 Å². The van der Waals surface area contributed by atoms with Crippen LogP contribution in [0.5, 0.6) is 0 Å². The Morgan fingerprint density at radius 1 is 0.810 bits per heavy atom. The minimum Gasteiger partial charge on any atom is -0.266 e. The highest BCUT2D eigenvalue weighted by Crippen LogP contribution is 2.42. The third-order valence-corrected chi connectivity index (χ3v) is 5.02. The van der Waals surface area contributed by atoms with Crippen LogP contribution in [0.2, 0.25) is 0 Å². The molecule has 4 heteroatoms. The summed E-state index contributed by atoms with van der Waals surface area (Å²) in [6.07, 6.45) is 1.81. The van der Waals surface area contributed by atoms with E-state index in [1.807, 2.05) is 42.1 Å². The lowest BCUT2D eigenvalue weighted by atomic mass is 10.2. The van der Waals surface area contributed by atoms with Crippen LogP contribution < -0.4 is 0 Å². The molecule has 2 aromatic carbocycles. The zero-order valence-corrected chi connectivity index (χ0v) is 12.9. The Balaban J connectivity index is 0.000000126. The molecule has 0 aliphatic carbocycles. The standard InChI is InChI=1S/C9H7N.C8H7NS2/c1-2-6-9-8(4-1)5-3-7-10-9;1-2-4-7(5-3-1)8-9-6-10-11-8/h1-7H;1-6,8H. The molecule has 1 aromatic heterocycles. The van der Waals surface area contributed by atoms with E-state index in [2.05, 4.69) is 46.4 Å². The Labute approximate surface area is 132 Å². The zero-order valence-electron chi connectivity index (χ0n) is 11.3. The molecule has 1 unspecified atom stereocenters. The van der Waals surface area contributed by atoms with Gasteiger partial charge >= 0.3 is 0 Å². The Hall–Kier alpha value is -1.78. The summed E-state index contributed by atoms with van der Waals surface area (Å²) < 4.78 is 0. The third kappa shape index (κ3) is 3.86. The average Bonchev–Trinajstić information content (AvgIpc) is 3.11. The molecule has 4 rings (SSSR count). The molecule has 0 saturated carbocycles. The minimum atomic E-state index is 0.321. The van der Waals surface area contributed by atoms with Gasteiger partial charge in [0.15, 0.2) is 0 Å². The van der Waals surface area contributed by atoms with Crippen molar-refractivity contribution in [2.24, 2.45) is 4.99 Å². The normalized spacial score (nSPS) is 16.5. The van der Waals surface area contributed by atoms with E-state index in [-0.39, 0.29) is 0 Å². The Bertz CT molecular complexity index is 663. The molecular formula is C17H14N2S2. The van der Waals surface area contributed by atoms with E-state index < -0.39 is 0 Å². The smallest absolute Gasteiger partial charge is 0.131 e. The monoisotopic (exact) mass is 310 g/mol. The highest BCUT2D eigenvalue weighted by Gasteiger charge is 2.12. The molecule has 2 heterocycles. The molecule has 0 spiro atoms. The third-order valence-electron chi connectivity index (χ3n) is 2.98. The lowest BCUT2D eigenvalue weighted by molar-refractivity contribution is 1.06. The van der Waals surface area contributed by atoms with E-state index in [9.17, 15) is 0 Å². The van der Waals surface area contributed by atoms with Gasteiger partial charge in [0.25, 0.3) is 0 Å². The Kier molecular flexibility index (Phi) is 4.92. The molecule has 1 aliphatic rings. The van der Waals surface area contributed by atoms with Crippen molar-refractivity contribution in [3.05, 3.63) is 78.5 Å². The van der Waals surface area contributed by atoms with Crippen LogP contribution in [0.1, 0.15) is 10.9 Å². The van der Waals surface area contributed by atoms with E-state index in [4.69, 9.17) is 0 Å². The van der Waals surface area contributed by atoms with Gasteiger partial charge in [-0.3, -0.25) is 9.98 Å². The minimum absolute atomic E-state index is 0.321. The van der Waals surface area contributed by atoms with E-state index in [0.717, 1.165) is 5.52 Å². The van der Waals surface area contributed by atoms with Gasteiger partial charge in [-0.05, 0) is 28.5 Å². The van der Waals surface area contributed by atoms with Gasteiger partial charge in [0, 0.05) is 11.6 Å². The van der Waals surface area contributed by atoms with Crippen LogP contribution in [0.25, 0.3) is 10.9 Å². The van der Waals surface area contributed by atoms with Crippen molar-refractivity contribution < 1.29 is 0 Å². The first-order valence-electron chi connectivity index (χ1n) is 6.62. The molecule has 0 radical (unpaired) electrons. The molecule has 0 bridgehead atoms. The lowest BCUT2D eigenvalue weighted by Crippen LogP contribution is -1.83. The summed E-state index contributed by atoms with van der Waals surface area (Å²) in [5.74, 6) is 0. The number of para-hydroxylation sites is 1. The molecule has 2 nitrogen and oxygen atoms in total. The summed E-state index contributed by atoms with van der Waals surface area (Å²) in [4.78, 5) is 8.49. The summed E-state index contributed by atoms with van der Waals surface area (Å²) in [5.41, 5.74) is 4.26. The van der Waals surface area contributed by atoms with Gasteiger partial charge in [-0.2, -0.15) is 0 Å². The first-order valence-corrected chi connectivity index (χ1v) is 8.89. The SMILES string of the molecule is C1=NC(c2ccccc2)SS1.c1ccc2ncccc2c1. The summed E-state index contributed by atoms with van der Waals surface area (Å²) in [6, 6.07) is 22.4. The van der Waals surface area contributed by atoms with Gasteiger partial charge < -0.3 is 0 Å². The van der Waals surface area contributed by atoms with Crippen LogP contribution in [-0.4, -0.2) is 10.5 Å². The number of nitrogens with zero attached hydrogens (tertiary/aromatic N) is 2. The second-order valence-corrected chi connectivity index (χ2v) is 6.60. The number of rotatable bonds is 1. The van der Waals surface area contributed by atoms with E-state index in [1.165, 1.54) is 10.9 Å². The van der Waals surface area contributed by atoms with E-state index in [0.29, 0.717) is 5.37 Å². The molecule has 0 N–H and O–H groups in total. The van der Waals surface area contributed by atoms with Crippen molar-refractivity contribution in [1.29, 1.82) is 0 Å². The predicted molar refractivity (Wildman–Crippen MR) is 94.6 cm³/mol. The lowest BCUT2D eigenvalue weighted by Gasteiger charge is -2.03. The fourth-order valence-electron chi connectivity index (χ4n) is 1.96. The molecule has 1 atom stereocenters. The maximum Gasteiger partial charge on any atom is 0.131 e. The molecule has 0 fully saturated rings. The van der Waals surface area contributed by atoms with Crippen LogP contribution in [0.4, 0.5) is 0 Å². The van der Waals surface area contributed by atoms with Crippen molar-refractivity contribution in [1.82, 2.24) is 4.98 Å². The summed E-state index contributed by atoms with van der Waals surface area (Å²) in [7, 11) is 3.49. The van der Waals surface area contributed by atoms with E-state index in [1.54, 1.807) is 21.6 Å². The number of aromatic nitrogens is 1. The number of benzene rings is 2. The first-order chi connectivity index (χ1) is 10.4. The quantitative estimate of drug-likeness (QED) is 0.567. The number of hydrogen-bond donors (Lipinski definition) is 0. The Morgan fingerprint density at radius 2 is 1.57 bits per heavy atom. The first kappa shape index (κ1) is 14.2. The van der Waals surface area contributed by atoms with E-state index >= 15 is 0 Å². The molecule has 104 valence electrons. The molecule has 3 aromatic rings. The zero-order chi connectivity index (χ0) is 14.3. The van der Waals surface area contributed by atoms with Gasteiger partial charge in [0.05, 0.1) is 11.1 Å². The second kappa shape index (κ2) is 7.29. The van der Waals surface area contributed by atoms with Crippen molar-refractivity contribution >= 4 is 38.0 Å². The van der Waals surface area contributed by atoms with Crippen LogP contribution >= 0.6 is 21.6 Å². The van der Waals surface area contributed by atoms with Crippen LogP contribution in [-0.2, 0) is 0 Å². The predicted octanol–water partition coefficient (Wildman–Crippen LogP) is 5.34. The number of fused-ring (bicyclic) bond motifs is 1. The maximum absolute atomic E-state index is 4.31. The van der Waals surface area contributed by atoms with Crippen molar-refractivity contribution in [2.75, 3.05) is 0 Å². The van der Waals surface area contributed by atoms with Gasteiger partial charge in [-0.15, -0.1) is 0 Å². The fourth-order valence-corrected chi connectivity index (χ4v) is 3.84. The molecule has 21 heavy (non-hydrogen) atoms. The molecule has 1 aliphatic heterocycles. The summed E-state index contributed by atoms with van der Waals surface area (Å²) >= 11 is 0. The highest BCUT2D eigenvalue weighted by molar-refractivity contribution is 8.82. The van der Waals surface area contributed by atoms with Gasteiger partial charge in [0.2, 0.25) is 0 Å². The molecular weight excluding hydrogens is 296 g/mol.